The third-order valence-corrected chi connectivity index (χ3v) is 4.51. The Morgan fingerprint density at radius 2 is 2.15 bits per heavy atom. The van der Waals surface area contributed by atoms with Crippen molar-refractivity contribution < 1.29 is 19.4 Å². The number of likely N-dealkylation sites (tertiary alicyclic amines) is 1. The van der Waals surface area contributed by atoms with Crippen LogP contribution in [0.15, 0.2) is 0 Å². The summed E-state index contributed by atoms with van der Waals surface area (Å²) in [4.78, 5) is 25.0. The Hall–Kier alpha value is -1.30. The van der Waals surface area contributed by atoms with Crippen molar-refractivity contribution in [2.45, 2.75) is 45.2 Å². The maximum absolute atomic E-state index is 12.3. The van der Waals surface area contributed by atoms with Crippen LogP contribution in [0.2, 0.25) is 0 Å². The molecule has 0 aromatic rings. The average molecular weight is 284 g/mol. The van der Waals surface area contributed by atoms with Crippen LogP contribution in [-0.4, -0.2) is 53.8 Å². The number of nitrogens with one attached hydrogen (secondary N) is 1. The molecule has 2 heterocycles. The molecule has 2 fully saturated rings. The third kappa shape index (κ3) is 3.42. The molecule has 0 bridgehead atoms. The highest BCUT2D eigenvalue weighted by atomic mass is 16.5. The number of ether oxygens (including phenoxy) is 1. The molecule has 0 aliphatic carbocycles. The number of aliphatic carboxylic acids is 1. The Kier molecular flexibility index (Phi) is 4.86. The summed E-state index contributed by atoms with van der Waals surface area (Å²) in [6.45, 7) is 5.91. The van der Waals surface area contributed by atoms with E-state index in [4.69, 9.17) is 9.84 Å². The van der Waals surface area contributed by atoms with Gasteiger partial charge in [-0.05, 0) is 33.1 Å². The van der Waals surface area contributed by atoms with Crippen LogP contribution in [0.5, 0.6) is 0 Å². The van der Waals surface area contributed by atoms with Gasteiger partial charge < -0.3 is 20.1 Å². The summed E-state index contributed by atoms with van der Waals surface area (Å²) in [5.74, 6) is -0.700. The van der Waals surface area contributed by atoms with Crippen LogP contribution >= 0.6 is 0 Å². The van der Waals surface area contributed by atoms with E-state index >= 15 is 0 Å². The Morgan fingerprint density at radius 1 is 1.40 bits per heavy atom. The predicted octanol–water partition coefficient (Wildman–Crippen LogP) is 1.31. The topological polar surface area (TPSA) is 78.9 Å². The smallest absolute Gasteiger partial charge is 0.317 e. The largest absolute Gasteiger partial charge is 0.481 e. The molecule has 0 saturated carbocycles. The Morgan fingerprint density at radius 3 is 2.70 bits per heavy atom. The molecule has 114 valence electrons. The minimum absolute atomic E-state index is 0.0307. The first-order valence-electron chi connectivity index (χ1n) is 7.36. The number of nitrogens with zero attached hydrogens (tertiary/aromatic N) is 1. The zero-order valence-corrected chi connectivity index (χ0v) is 12.2. The van der Waals surface area contributed by atoms with Crippen molar-refractivity contribution in [1.82, 2.24) is 10.2 Å². The van der Waals surface area contributed by atoms with Crippen molar-refractivity contribution in [1.29, 1.82) is 0 Å². The van der Waals surface area contributed by atoms with Crippen LogP contribution in [0.25, 0.3) is 0 Å². The summed E-state index contributed by atoms with van der Waals surface area (Å²) in [5.41, 5.74) is 0. The number of carboxylic acid groups (broad SMARTS) is 1. The standard InChI is InChI=1S/C14H24N2O4/c1-9-7-11(13(17)18)3-5-16(9)14(19)15-10(2)12-4-6-20-8-12/h9-12H,3-8H2,1-2H3,(H,15,19)(H,17,18). The SMILES string of the molecule is CC(NC(=O)N1CCC(C(=O)O)CC1C)C1CCOC1. The number of carboxylic acids is 1. The summed E-state index contributed by atoms with van der Waals surface area (Å²) in [6.07, 6.45) is 2.05. The minimum Gasteiger partial charge on any atom is -0.481 e. The van der Waals surface area contributed by atoms with Gasteiger partial charge in [0.15, 0.2) is 0 Å². The fraction of sp³-hybridized carbons (Fsp3) is 0.857. The molecular formula is C14H24N2O4. The number of amides is 2. The number of urea groups is 1. The van der Waals surface area contributed by atoms with Crippen molar-refractivity contribution >= 4 is 12.0 Å². The quantitative estimate of drug-likeness (QED) is 0.819. The van der Waals surface area contributed by atoms with E-state index in [1.807, 2.05) is 13.8 Å². The molecule has 2 N–H and O–H groups in total. The average Bonchev–Trinajstić information content (AvgIpc) is 2.92. The summed E-state index contributed by atoms with van der Waals surface area (Å²) in [6, 6.07) is -0.0213. The summed E-state index contributed by atoms with van der Waals surface area (Å²) >= 11 is 0. The van der Waals surface area contributed by atoms with Gasteiger partial charge in [0.25, 0.3) is 0 Å². The van der Waals surface area contributed by atoms with E-state index in [2.05, 4.69) is 5.32 Å². The Bertz CT molecular complexity index is 368. The highest BCUT2D eigenvalue weighted by molar-refractivity contribution is 5.76. The Labute approximate surface area is 119 Å². The normalized spacial score (nSPS) is 31.9. The maximum atomic E-state index is 12.3. The maximum Gasteiger partial charge on any atom is 0.317 e. The summed E-state index contributed by atoms with van der Waals surface area (Å²) < 4.78 is 5.34. The molecule has 20 heavy (non-hydrogen) atoms. The molecule has 2 aliphatic rings. The molecule has 2 rings (SSSR count). The van der Waals surface area contributed by atoms with Crippen molar-refractivity contribution in [3.05, 3.63) is 0 Å². The van der Waals surface area contributed by atoms with Crippen LogP contribution in [0.3, 0.4) is 0 Å². The summed E-state index contributed by atoms with van der Waals surface area (Å²) in [5, 5.41) is 12.1. The first kappa shape index (κ1) is 15.1. The number of hydrogen-bond donors (Lipinski definition) is 2. The number of carbonyl (C=O) groups excluding carboxylic acids is 1. The van der Waals surface area contributed by atoms with E-state index < -0.39 is 5.97 Å². The molecule has 0 spiro atoms. The van der Waals surface area contributed by atoms with Gasteiger partial charge in [-0.1, -0.05) is 0 Å². The first-order valence-corrected chi connectivity index (χ1v) is 7.36. The Balaban J connectivity index is 1.84. The second kappa shape index (κ2) is 6.43. The number of rotatable bonds is 3. The van der Waals surface area contributed by atoms with Crippen LogP contribution in [0, 0.1) is 11.8 Å². The van der Waals surface area contributed by atoms with Crippen molar-refractivity contribution in [2.24, 2.45) is 11.8 Å². The van der Waals surface area contributed by atoms with Crippen LogP contribution < -0.4 is 5.32 Å². The van der Waals surface area contributed by atoms with E-state index in [0.29, 0.717) is 31.9 Å². The van der Waals surface area contributed by atoms with Gasteiger partial charge in [0, 0.05) is 31.2 Å². The van der Waals surface area contributed by atoms with Gasteiger partial charge in [0.05, 0.1) is 12.5 Å². The molecule has 4 unspecified atom stereocenters. The molecule has 6 nitrogen and oxygen atoms in total. The lowest BCUT2D eigenvalue weighted by Crippen LogP contribution is -2.53. The van der Waals surface area contributed by atoms with E-state index in [1.54, 1.807) is 4.90 Å². The van der Waals surface area contributed by atoms with E-state index in [9.17, 15) is 9.59 Å². The fourth-order valence-electron chi connectivity index (χ4n) is 3.04. The minimum atomic E-state index is -0.756. The van der Waals surface area contributed by atoms with Gasteiger partial charge in [0.1, 0.15) is 0 Å². The van der Waals surface area contributed by atoms with E-state index in [0.717, 1.165) is 13.0 Å². The van der Waals surface area contributed by atoms with E-state index in [1.165, 1.54) is 0 Å². The monoisotopic (exact) mass is 284 g/mol. The molecular weight excluding hydrogens is 260 g/mol. The molecule has 0 radical (unpaired) electrons. The second-order valence-corrected chi connectivity index (χ2v) is 5.96. The van der Waals surface area contributed by atoms with Crippen LogP contribution in [-0.2, 0) is 9.53 Å². The van der Waals surface area contributed by atoms with Crippen LogP contribution in [0.4, 0.5) is 4.79 Å². The zero-order valence-electron chi connectivity index (χ0n) is 12.2. The molecule has 2 amide bonds. The lowest BCUT2D eigenvalue weighted by molar-refractivity contribution is -0.143. The highest BCUT2D eigenvalue weighted by Crippen LogP contribution is 2.23. The second-order valence-electron chi connectivity index (χ2n) is 5.96. The third-order valence-electron chi connectivity index (χ3n) is 4.51. The number of piperidine rings is 1. The number of hydrogen-bond acceptors (Lipinski definition) is 3. The molecule has 4 atom stereocenters. The fourth-order valence-corrected chi connectivity index (χ4v) is 3.04. The lowest BCUT2D eigenvalue weighted by atomic mass is 9.92. The highest BCUT2D eigenvalue weighted by Gasteiger charge is 2.33. The van der Waals surface area contributed by atoms with Gasteiger partial charge in [0.2, 0.25) is 0 Å². The van der Waals surface area contributed by atoms with Crippen LogP contribution in [0.1, 0.15) is 33.1 Å². The summed E-state index contributed by atoms with van der Waals surface area (Å²) in [7, 11) is 0. The molecule has 2 aliphatic heterocycles. The van der Waals surface area contributed by atoms with E-state index in [-0.39, 0.29) is 24.0 Å². The first-order chi connectivity index (χ1) is 9.49. The van der Waals surface area contributed by atoms with Gasteiger partial charge in [-0.25, -0.2) is 4.79 Å². The van der Waals surface area contributed by atoms with Crippen molar-refractivity contribution in [3.8, 4) is 0 Å². The number of carbonyl (C=O) groups is 2. The zero-order chi connectivity index (χ0) is 14.7. The lowest BCUT2D eigenvalue weighted by Gasteiger charge is -2.37. The van der Waals surface area contributed by atoms with Crippen molar-refractivity contribution in [3.63, 3.8) is 0 Å². The van der Waals surface area contributed by atoms with Crippen molar-refractivity contribution in [2.75, 3.05) is 19.8 Å². The predicted molar refractivity (Wildman–Crippen MR) is 73.4 cm³/mol. The van der Waals surface area contributed by atoms with Gasteiger partial charge in [-0.3, -0.25) is 4.79 Å². The van der Waals surface area contributed by atoms with Gasteiger partial charge in [-0.15, -0.1) is 0 Å². The molecule has 0 aromatic carbocycles. The molecule has 2 saturated heterocycles. The van der Waals surface area contributed by atoms with Gasteiger partial charge in [-0.2, -0.15) is 0 Å². The molecule has 6 heteroatoms. The molecule has 0 aromatic heterocycles. The van der Waals surface area contributed by atoms with Gasteiger partial charge >= 0.3 is 12.0 Å².